The Balaban J connectivity index is 0.00000240. The summed E-state index contributed by atoms with van der Waals surface area (Å²) in [6.07, 6.45) is 1.76. The smallest absolute Gasteiger partial charge is 0.338 e. The van der Waals surface area contributed by atoms with E-state index in [-0.39, 0.29) is 30.3 Å². The van der Waals surface area contributed by atoms with Crippen LogP contribution >= 0.6 is 12.4 Å². The largest absolute Gasteiger partial charge is 0.457 e. The lowest BCUT2D eigenvalue weighted by atomic mass is 10.0. The first kappa shape index (κ1) is 20.9. The highest BCUT2D eigenvalue weighted by atomic mass is 35.5. The fourth-order valence-corrected chi connectivity index (χ4v) is 3.57. The summed E-state index contributed by atoms with van der Waals surface area (Å²) in [5, 5.41) is 0. The van der Waals surface area contributed by atoms with Crippen LogP contribution in [-0.2, 0) is 4.74 Å². The lowest BCUT2D eigenvalue weighted by molar-refractivity contribution is 0.0270. The first-order chi connectivity index (χ1) is 13.7. The number of carbonyl (C=O) groups is 1. The Labute approximate surface area is 176 Å². The number of carbonyl (C=O) groups excluding carboxylic acids is 1. The van der Waals surface area contributed by atoms with E-state index in [1.807, 2.05) is 30.3 Å². The Morgan fingerprint density at radius 2 is 1.52 bits per heavy atom. The number of hydrogen-bond donors (Lipinski definition) is 0. The zero-order chi connectivity index (χ0) is 19.3. The van der Waals surface area contributed by atoms with Crippen molar-refractivity contribution in [3.63, 3.8) is 0 Å². The molecule has 150 valence electrons. The molecule has 0 N–H and O–H groups in total. The number of para-hydroxylation sites is 1. The van der Waals surface area contributed by atoms with Crippen LogP contribution in [0, 0.1) is 5.82 Å². The second kappa shape index (κ2) is 9.57. The van der Waals surface area contributed by atoms with Crippen LogP contribution in [0.1, 0.15) is 23.2 Å². The molecule has 1 unspecified atom stereocenters. The topological polar surface area (TPSA) is 29.5 Å². The minimum absolute atomic E-state index is 0. The van der Waals surface area contributed by atoms with Gasteiger partial charge in [0.1, 0.15) is 11.9 Å². The van der Waals surface area contributed by atoms with Crippen molar-refractivity contribution in [1.29, 1.82) is 0 Å². The van der Waals surface area contributed by atoms with Gasteiger partial charge in [0.05, 0.1) is 12.1 Å². The second-order valence-corrected chi connectivity index (χ2v) is 7.04. The zero-order valence-electron chi connectivity index (χ0n) is 16.0. The SMILES string of the molecule is Cl.O=C(OC1CCCN(c2ccccc2)C1)c1ccc(-c2ccc(F)cc2)cc1. The van der Waals surface area contributed by atoms with Crippen molar-refractivity contribution in [2.45, 2.75) is 18.9 Å². The molecule has 1 atom stereocenters. The van der Waals surface area contributed by atoms with Gasteiger partial charge >= 0.3 is 5.97 Å². The lowest BCUT2D eigenvalue weighted by Gasteiger charge is -2.34. The number of piperidine rings is 1. The van der Waals surface area contributed by atoms with E-state index in [4.69, 9.17) is 4.74 Å². The number of halogens is 2. The van der Waals surface area contributed by atoms with Gasteiger partial charge in [-0.1, -0.05) is 42.5 Å². The Kier molecular flexibility index (Phi) is 6.89. The van der Waals surface area contributed by atoms with E-state index in [0.717, 1.165) is 36.2 Å². The fourth-order valence-electron chi connectivity index (χ4n) is 3.57. The van der Waals surface area contributed by atoms with Crippen LogP contribution in [0.4, 0.5) is 10.1 Å². The van der Waals surface area contributed by atoms with Crippen LogP contribution in [0.25, 0.3) is 11.1 Å². The molecular formula is C24H23ClFNO2. The lowest BCUT2D eigenvalue weighted by Crippen LogP contribution is -2.40. The van der Waals surface area contributed by atoms with Gasteiger partial charge < -0.3 is 9.64 Å². The van der Waals surface area contributed by atoms with Gasteiger partial charge in [0, 0.05) is 12.2 Å². The van der Waals surface area contributed by atoms with Crippen LogP contribution < -0.4 is 4.90 Å². The average Bonchev–Trinajstić information content (AvgIpc) is 2.75. The number of esters is 1. The van der Waals surface area contributed by atoms with Gasteiger partial charge in [-0.15, -0.1) is 12.4 Å². The van der Waals surface area contributed by atoms with Crippen LogP contribution in [0.5, 0.6) is 0 Å². The highest BCUT2D eigenvalue weighted by molar-refractivity contribution is 5.90. The number of ether oxygens (including phenoxy) is 1. The maximum Gasteiger partial charge on any atom is 0.338 e. The molecule has 0 saturated carbocycles. The molecule has 1 aliphatic heterocycles. The number of rotatable bonds is 4. The van der Waals surface area contributed by atoms with Crippen LogP contribution in [0.15, 0.2) is 78.9 Å². The molecule has 4 rings (SSSR count). The highest BCUT2D eigenvalue weighted by Crippen LogP contribution is 2.23. The van der Waals surface area contributed by atoms with Crippen LogP contribution in [0.2, 0.25) is 0 Å². The van der Waals surface area contributed by atoms with E-state index < -0.39 is 0 Å². The maximum absolute atomic E-state index is 13.1. The third-order valence-electron chi connectivity index (χ3n) is 5.07. The summed E-state index contributed by atoms with van der Waals surface area (Å²) in [6, 6.07) is 23.8. The summed E-state index contributed by atoms with van der Waals surface area (Å²) in [6.45, 7) is 1.69. The van der Waals surface area contributed by atoms with Crippen molar-refractivity contribution in [1.82, 2.24) is 0 Å². The van der Waals surface area contributed by atoms with E-state index in [1.54, 1.807) is 24.3 Å². The van der Waals surface area contributed by atoms with E-state index in [2.05, 4.69) is 17.0 Å². The summed E-state index contributed by atoms with van der Waals surface area (Å²) in [4.78, 5) is 14.8. The van der Waals surface area contributed by atoms with Crippen molar-refractivity contribution in [3.05, 3.63) is 90.2 Å². The quantitative estimate of drug-likeness (QED) is 0.512. The van der Waals surface area contributed by atoms with Crippen molar-refractivity contribution in [2.75, 3.05) is 18.0 Å². The Hall–Kier alpha value is -2.85. The van der Waals surface area contributed by atoms with Crippen LogP contribution in [0.3, 0.4) is 0 Å². The summed E-state index contributed by atoms with van der Waals surface area (Å²) >= 11 is 0. The molecule has 0 radical (unpaired) electrons. The van der Waals surface area contributed by atoms with E-state index in [0.29, 0.717) is 12.1 Å². The third kappa shape index (κ3) is 5.15. The normalized spacial score (nSPS) is 16.0. The number of anilines is 1. The van der Waals surface area contributed by atoms with Gasteiger partial charge in [-0.05, 0) is 60.4 Å². The molecule has 0 bridgehead atoms. The molecule has 1 saturated heterocycles. The molecule has 0 amide bonds. The zero-order valence-corrected chi connectivity index (χ0v) is 16.8. The molecule has 3 aromatic carbocycles. The first-order valence-corrected chi connectivity index (χ1v) is 9.56. The highest BCUT2D eigenvalue weighted by Gasteiger charge is 2.23. The predicted octanol–water partition coefficient (Wildman–Crippen LogP) is 5.74. The summed E-state index contributed by atoms with van der Waals surface area (Å²) in [5.41, 5.74) is 3.53. The number of benzene rings is 3. The minimum atomic E-state index is -0.300. The molecule has 1 aliphatic rings. The molecule has 3 nitrogen and oxygen atoms in total. The van der Waals surface area contributed by atoms with E-state index in [1.165, 1.54) is 12.1 Å². The summed E-state index contributed by atoms with van der Waals surface area (Å²) in [5.74, 6) is -0.563. The molecular weight excluding hydrogens is 389 g/mol. The van der Waals surface area contributed by atoms with Crippen molar-refractivity contribution in [3.8, 4) is 11.1 Å². The van der Waals surface area contributed by atoms with Crippen molar-refractivity contribution < 1.29 is 13.9 Å². The maximum atomic E-state index is 13.1. The van der Waals surface area contributed by atoms with Crippen molar-refractivity contribution >= 4 is 24.1 Å². The van der Waals surface area contributed by atoms with Gasteiger partial charge in [-0.25, -0.2) is 9.18 Å². The third-order valence-corrected chi connectivity index (χ3v) is 5.07. The van der Waals surface area contributed by atoms with Gasteiger partial charge in [0.15, 0.2) is 0 Å². The second-order valence-electron chi connectivity index (χ2n) is 7.04. The summed E-state index contributed by atoms with van der Waals surface area (Å²) in [7, 11) is 0. The molecule has 1 heterocycles. The van der Waals surface area contributed by atoms with E-state index >= 15 is 0 Å². The Morgan fingerprint density at radius 3 is 2.17 bits per heavy atom. The minimum Gasteiger partial charge on any atom is -0.457 e. The molecule has 0 aliphatic carbocycles. The number of hydrogen-bond acceptors (Lipinski definition) is 3. The monoisotopic (exact) mass is 411 g/mol. The van der Waals surface area contributed by atoms with Gasteiger partial charge in [0.25, 0.3) is 0 Å². The standard InChI is InChI=1S/C24H22FNO2.ClH/c25-21-14-12-19(13-15-21)18-8-10-20(11-9-18)24(27)28-23-7-4-16-26(17-23)22-5-2-1-3-6-22;/h1-3,5-6,8-15,23H,4,7,16-17H2;1H. The Bertz CT molecular complexity index is 929. The molecule has 3 aromatic rings. The van der Waals surface area contributed by atoms with Gasteiger partial charge in [-0.3, -0.25) is 0 Å². The fraction of sp³-hybridized carbons (Fsp3) is 0.208. The Morgan fingerprint density at radius 1 is 0.897 bits per heavy atom. The van der Waals surface area contributed by atoms with E-state index in [9.17, 15) is 9.18 Å². The number of nitrogens with zero attached hydrogens (tertiary/aromatic N) is 1. The van der Waals surface area contributed by atoms with Gasteiger partial charge in [0.2, 0.25) is 0 Å². The molecule has 5 heteroatoms. The van der Waals surface area contributed by atoms with Crippen LogP contribution in [-0.4, -0.2) is 25.2 Å². The summed E-state index contributed by atoms with van der Waals surface area (Å²) < 4.78 is 18.8. The van der Waals surface area contributed by atoms with Crippen molar-refractivity contribution in [2.24, 2.45) is 0 Å². The average molecular weight is 412 g/mol. The molecule has 0 spiro atoms. The molecule has 29 heavy (non-hydrogen) atoms. The predicted molar refractivity (Wildman–Crippen MR) is 116 cm³/mol. The van der Waals surface area contributed by atoms with Gasteiger partial charge in [-0.2, -0.15) is 0 Å². The molecule has 0 aromatic heterocycles. The first-order valence-electron chi connectivity index (χ1n) is 9.56. The molecule has 1 fully saturated rings.